The van der Waals surface area contributed by atoms with Gasteiger partial charge in [0.25, 0.3) is 11.9 Å². The topological polar surface area (TPSA) is 52.6 Å². The molecule has 16 heavy (non-hydrogen) atoms. The molecule has 0 aromatic carbocycles. The molecule has 4 nitrogen and oxygen atoms in total. The number of carbonyl (C=O) groups is 2. The standard InChI is InChI=1S/C10H22O4Si2/c1-15(2,3)13-9(11)7-8-10(12)14-16(4,5)6/h7-8H2,1-6H3/i7D2,8D2. The van der Waals surface area contributed by atoms with Crippen molar-refractivity contribution in [3.63, 3.8) is 0 Å². The second-order valence-electron chi connectivity index (χ2n) is 5.25. The molecule has 0 spiro atoms. The zero-order valence-electron chi connectivity index (χ0n) is 14.6. The summed E-state index contributed by atoms with van der Waals surface area (Å²) in [4.78, 5) is 23.6. The molecule has 0 fully saturated rings. The van der Waals surface area contributed by atoms with E-state index in [9.17, 15) is 9.59 Å². The van der Waals surface area contributed by atoms with E-state index in [0.29, 0.717) is 0 Å². The first-order chi connectivity index (χ1) is 8.51. The molecule has 0 aliphatic rings. The van der Waals surface area contributed by atoms with Crippen LogP contribution in [0, 0.1) is 0 Å². The van der Waals surface area contributed by atoms with Gasteiger partial charge in [-0.05, 0) is 39.3 Å². The lowest BCUT2D eigenvalue weighted by atomic mass is 10.3. The predicted octanol–water partition coefficient (Wildman–Crippen LogP) is 2.52. The Hall–Kier alpha value is -0.626. The van der Waals surface area contributed by atoms with Crippen molar-refractivity contribution in [3.05, 3.63) is 0 Å². The zero-order chi connectivity index (χ0) is 16.6. The van der Waals surface area contributed by atoms with Crippen LogP contribution in [0.15, 0.2) is 0 Å². The van der Waals surface area contributed by atoms with E-state index in [2.05, 4.69) is 0 Å². The first kappa shape index (κ1) is 9.41. The third-order valence-corrected chi connectivity index (χ3v) is 2.66. The Bertz CT molecular complexity index is 361. The van der Waals surface area contributed by atoms with Crippen molar-refractivity contribution in [2.45, 2.75) is 52.0 Å². The van der Waals surface area contributed by atoms with Crippen LogP contribution in [0.25, 0.3) is 0 Å². The first-order valence-electron chi connectivity index (χ1n) is 6.97. The van der Waals surface area contributed by atoms with Gasteiger partial charge in [0.05, 0.1) is 12.7 Å². The van der Waals surface area contributed by atoms with Crippen LogP contribution in [-0.4, -0.2) is 28.6 Å². The molecule has 0 bridgehead atoms. The number of hydrogen-bond acceptors (Lipinski definition) is 4. The van der Waals surface area contributed by atoms with Gasteiger partial charge >= 0.3 is 0 Å². The van der Waals surface area contributed by atoms with Crippen molar-refractivity contribution in [2.75, 3.05) is 0 Å². The van der Waals surface area contributed by atoms with E-state index >= 15 is 0 Å². The molecule has 94 valence electrons. The first-order valence-corrected chi connectivity index (χ1v) is 11.8. The number of hydrogen-bond donors (Lipinski definition) is 0. The van der Waals surface area contributed by atoms with Gasteiger partial charge in [0.15, 0.2) is 0 Å². The van der Waals surface area contributed by atoms with Crippen LogP contribution in [0.4, 0.5) is 0 Å². The zero-order valence-corrected chi connectivity index (χ0v) is 12.6. The van der Waals surface area contributed by atoms with Crippen LogP contribution < -0.4 is 0 Å². The highest BCUT2D eigenvalue weighted by Crippen LogP contribution is 2.08. The van der Waals surface area contributed by atoms with Crippen molar-refractivity contribution < 1.29 is 23.9 Å². The minimum Gasteiger partial charge on any atom is -0.520 e. The van der Waals surface area contributed by atoms with Crippen LogP contribution in [0.2, 0.25) is 39.3 Å². The van der Waals surface area contributed by atoms with E-state index in [-0.39, 0.29) is 0 Å². The molecule has 6 heteroatoms. The van der Waals surface area contributed by atoms with Crippen LogP contribution in [0.3, 0.4) is 0 Å². The number of carbonyl (C=O) groups excluding carboxylic acids is 2. The Kier molecular flexibility index (Phi) is 3.31. The summed E-state index contributed by atoms with van der Waals surface area (Å²) in [5.74, 6) is -2.73. The minimum atomic E-state index is -3.09. The Morgan fingerprint density at radius 1 is 0.875 bits per heavy atom. The SMILES string of the molecule is [2H]C([2H])(C(=O)O[Si](C)(C)C)C([2H])([2H])C(=O)O[Si](C)(C)C. The summed E-state index contributed by atoms with van der Waals surface area (Å²) in [6.07, 6.45) is -6.19. The molecule has 0 aliphatic heterocycles. The summed E-state index contributed by atoms with van der Waals surface area (Å²) in [6.45, 7) is 9.98. The van der Waals surface area contributed by atoms with Crippen molar-refractivity contribution in [1.82, 2.24) is 0 Å². The van der Waals surface area contributed by atoms with Gasteiger partial charge in [0.2, 0.25) is 16.6 Å². The van der Waals surface area contributed by atoms with E-state index in [1.165, 1.54) is 0 Å². The molecule has 0 radical (unpaired) electrons. The third-order valence-electron chi connectivity index (χ3n) is 1.06. The fourth-order valence-corrected chi connectivity index (χ4v) is 1.92. The lowest BCUT2D eigenvalue weighted by Gasteiger charge is -2.19. The minimum absolute atomic E-state index is 1.37. The fourth-order valence-electron chi connectivity index (χ4n) is 0.709. The van der Waals surface area contributed by atoms with Gasteiger partial charge in [0.1, 0.15) is 0 Å². The van der Waals surface area contributed by atoms with Gasteiger partial charge in [-0.1, -0.05) is 0 Å². The van der Waals surface area contributed by atoms with Crippen LogP contribution in [0.1, 0.15) is 18.2 Å². The molecule has 0 aromatic heterocycles. The quantitative estimate of drug-likeness (QED) is 0.718. The van der Waals surface area contributed by atoms with E-state index in [1.807, 2.05) is 0 Å². The molecule has 0 N–H and O–H groups in total. The summed E-state index contributed by atoms with van der Waals surface area (Å²) in [7, 11) is -4.78. The smallest absolute Gasteiger partial charge is 0.293 e. The second-order valence-corrected chi connectivity index (χ2v) is 14.1. The lowest BCUT2D eigenvalue weighted by Crippen LogP contribution is -2.31. The highest BCUT2D eigenvalue weighted by atomic mass is 28.4. The Balaban J connectivity index is 5.25. The summed E-state index contributed by atoms with van der Waals surface area (Å²) in [5.41, 5.74) is 0. The second kappa shape index (κ2) is 5.63. The van der Waals surface area contributed by atoms with Gasteiger partial charge in [-0.25, -0.2) is 0 Å². The normalized spacial score (nSPS) is 17.6. The Morgan fingerprint density at radius 2 is 1.12 bits per heavy atom. The maximum atomic E-state index is 11.8. The van der Waals surface area contributed by atoms with Gasteiger partial charge < -0.3 is 8.85 Å². The van der Waals surface area contributed by atoms with E-state index in [4.69, 9.17) is 14.3 Å². The number of rotatable bonds is 5. The van der Waals surface area contributed by atoms with Crippen molar-refractivity contribution in [1.29, 1.82) is 0 Å². The summed E-state index contributed by atoms with van der Waals surface area (Å²) in [5, 5.41) is 0. The predicted molar refractivity (Wildman–Crippen MR) is 68.1 cm³/mol. The molecule has 0 atom stereocenters. The van der Waals surface area contributed by atoms with E-state index < -0.39 is 41.3 Å². The Morgan fingerprint density at radius 3 is 1.31 bits per heavy atom. The Labute approximate surface area is 105 Å². The molecule has 0 heterocycles. The maximum absolute atomic E-state index is 11.8. The van der Waals surface area contributed by atoms with Gasteiger partial charge in [-0.15, -0.1) is 0 Å². The third kappa shape index (κ3) is 9.91. The monoisotopic (exact) mass is 266 g/mol. The molecule has 0 saturated carbocycles. The average Bonchev–Trinajstić information content (AvgIpc) is 2.11. The highest BCUT2D eigenvalue weighted by Gasteiger charge is 2.23. The molecular weight excluding hydrogens is 240 g/mol. The molecule has 0 unspecified atom stereocenters. The molecule has 0 saturated heterocycles. The van der Waals surface area contributed by atoms with E-state index in [0.717, 1.165) is 0 Å². The van der Waals surface area contributed by atoms with Gasteiger partial charge in [0, 0.05) is 5.48 Å². The summed E-state index contributed by atoms with van der Waals surface area (Å²) >= 11 is 0. The van der Waals surface area contributed by atoms with Crippen molar-refractivity contribution in [3.8, 4) is 0 Å². The fraction of sp³-hybridized carbons (Fsp3) is 0.800. The lowest BCUT2D eigenvalue weighted by molar-refractivity contribution is -0.141. The molecular formula is C10H22O4Si2. The largest absolute Gasteiger partial charge is 0.520 e. The summed E-state index contributed by atoms with van der Waals surface area (Å²) < 4.78 is 40.3. The highest BCUT2D eigenvalue weighted by molar-refractivity contribution is 6.71. The van der Waals surface area contributed by atoms with Crippen LogP contribution >= 0.6 is 0 Å². The van der Waals surface area contributed by atoms with E-state index in [1.54, 1.807) is 39.3 Å². The van der Waals surface area contributed by atoms with Crippen LogP contribution in [-0.2, 0) is 18.4 Å². The van der Waals surface area contributed by atoms with Crippen molar-refractivity contribution in [2.24, 2.45) is 0 Å². The average molecular weight is 266 g/mol. The van der Waals surface area contributed by atoms with Crippen LogP contribution in [0.5, 0.6) is 0 Å². The molecule has 0 aromatic rings. The molecule has 0 rings (SSSR count). The molecule has 0 aliphatic carbocycles. The van der Waals surface area contributed by atoms with Crippen molar-refractivity contribution >= 4 is 28.6 Å². The van der Waals surface area contributed by atoms with Gasteiger partial charge in [-0.2, -0.15) is 0 Å². The van der Waals surface area contributed by atoms with Gasteiger partial charge in [-0.3, -0.25) is 9.59 Å². The summed E-state index contributed by atoms with van der Waals surface area (Å²) in [6, 6.07) is 0. The maximum Gasteiger partial charge on any atom is 0.293 e. The molecule has 0 amide bonds.